The van der Waals surface area contributed by atoms with Crippen LogP contribution in [0.25, 0.3) is 17.0 Å². The molecule has 5 rings (SSSR count). The molecular formula is C26H21N5O2. The van der Waals surface area contributed by atoms with Gasteiger partial charge in [-0.3, -0.25) is 14.7 Å². The zero-order chi connectivity index (χ0) is 22.6. The minimum Gasteiger partial charge on any atom is -0.322 e. The van der Waals surface area contributed by atoms with Gasteiger partial charge in [0.15, 0.2) is 0 Å². The Hall–Kier alpha value is -4.52. The number of hydrogen-bond acceptors (Lipinski definition) is 4. The molecule has 33 heavy (non-hydrogen) atoms. The number of hydrogen-bond donors (Lipinski definition) is 3. The van der Waals surface area contributed by atoms with Crippen LogP contribution in [0, 0.1) is 0 Å². The standard InChI is InChI=1S/C26H21N5O2/c32-25(19-12-10-18(11-13-19)17-4-1-5-17)28-20-6-2-7-21(16-20)29-26(33)24-9-3-8-22(30-24)23-14-15-27-31-23/h2-4,6-16H,1,5H2,(H,27,31)(H,28,32)(H,29,33). The highest BCUT2D eigenvalue weighted by atomic mass is 16.2. The fourth-order valence-corrected chi connectivity index (χ4v) is 3.57. The Kier molecular flexibility index (Phi) is 5.51. The highest BCUT2D eigenvalue weighted by molar-refractivity contribution is 6.06. The van der Waals surface area contributed by atoms with Crippen molar-refractivity contribution < 1.29 is 9.59 Å². The molecule has 2 aromatic carbocycles. The zero-order valence-electron chi connectivity index (χ0n) is 17.7. The van der Waals surface area contributed by atoms with Crippen molar-refractivity contribution in [1.29, 1.82) is 0 Å². The number of carbonyl (C=O) groups excluding carboxylic acids is 2. The van der Waals surface area contributed by atoms with Crippen LogP contribution in [0.15, 0.2) is 85.1 Å². The molecule has 0 atom stereocenters. The van der Waals surface area contributed by atoms with E-state index in [0.29, 0.717) is 22.6 Å². The van der Waals surface area contributed by atoms with Gasteiger partial charge in [0.1, 0.15) is 5.69 Å². The van der Waals surface area contributed by atoms with Gasteiger partial charge in [0.25, 0.3) is 11.8 Å². The first kappa shape index (κ1) is 20.4. The summed E-state index contributed by atoms with van der Waals surface area (Å²) in [7, 11) is 0. The maximum absolute atomic E-state index is 12.7. The molecule has 0 radical (unpaired) electrons. The Bertz CT molecular complexity index is 1340. The Morgan fingerprint density at radius 3 is 2.24 bits per heavy atom. The summed E-state index contributed by atoms with van der Waals surface area (Å²) in [6, 6.07) is 21.6. The number of nitrogens with zero attached hydrogens (tertiary/aromatic N) is 2. The summed E-state index contributed by atoms with van der Waals surface area (Å²) in [4.78, 5) is 29.8. The highest BCUT2D eigenvalue weighted by Crippen LogP contribution is 2.29. The molecule has 0 fully saturated rings. The van der Waals surface area contributed by atoms with Crippen molar-refractivity contribution in [2.45, 2.75) is 12.8 Å². The van der Waals surface area contributed by atoms with Crippen LogP contribution in [-0.2, 0) is 0 Å². The molecule has 0 aliphatic heterocycles. The third-order valence-corrected chi connectivity index (χ3v) is 5.46. The fraction of sp³-hybridized carbons (Fsp3) is 0.0769. The topological polar surface area (TPSA) is 99.8 Å². The smallest absolute Gasteiger partial charge is 0.274 e. The molecule has 1 aliphatic carbocycles. The van der Waals surface area contributed by atoms with Crippen LogP contribution >= 0.6 is 0 Å². The van der Waals surface area contributed by atoms with Crippen molar-refractivity contribution in [2.75, 3.05) is 10.6 Å². The molecule has 7 heteroatoms. The fourth-order valence-electron chi connectivity index (χ4n) is 3.57. The molecule has 0 saturated carbocycles. The van der Waals surface area contributed by atoms with Crippen LogP contribution in [0.2, 0.25) is 0 Å². The van der Waals surface area contributed by atoms with Crippen molar-refractivity contribution in [2.24, 2.45) is 0 Å². The molecule has 0 spiro atoms. The summed E-state index contributed by atoms with van der Waals surface area (Å²) >= 11 is 0. The number of carbonyl (C=O) groups is 2. The van der Waals surface area contributed by atoms with Crippen LogP contribution in [0.5, 0.6) is 0 Å². The van der Waals surface area contributed by atoms with E-state index in [2.05, 4.69) is 31.9 Å². The van der Waals surface area contributed by atoms with Crippen molar-refractivity contribution in [3.63, 3.8) is 0 Å². The lowest BCUT2D eigenvalue weighted by atomic mass is 9.91. The molecule has 0 bridgehead atoms. The number of aromatic amines is 1. The summed E-state index contributed by atoms with van der Waals surface area (Å²) in [5.74, 6) is -0.553. The Balaban J connectivity index is 1.26. The van der Waals surface area contributed by atoms with Gasteiger partial charge in [0, 0.05) is 23.1 Å². The molecular weight excluding hydrogens is 414 g/mol. The number of benzene rings is 2. The summed E-state index contributed by atoms with van der Waals surface area (Å²) < 4.78 is 0. The summed E-state index contributed by atoms with van der Waals surface area (Å²) in [6.45, 7) is 0. The van der Waals surface area contributed by atoms with Gasteiger partial charge in [-0.15, -0.1) is 0 Å². The van der Waals surface area contributed by atoms with Gasteiger partial charge < -0.3 is 10.6 Å². The monoisotopic (exact) mass is 435 g/mol. The average molecular weight is 435 g/mol. The predicted molar refractivity (Wildman–Crippen MR) is 128 cm³/mol. The largest absolute Gasteiger partial charge is 0.322 e. The van der Waals surface area contributed by atoms with E-state index in [1.54, 1.807) is 54.7 Å². The minimum absolute atomic E-state index is 0.207. The minimum atomic E-state index is -0.347. The molecule has 0 saturated heterocycles. The van der Waals surface area contributed by atoms with Gasteiger partial charge in [-0.1, -0.05) is 30.3 Å². The average Bonchev–Trinajstić information content (AvgIpc) is 3.34. The molecule has 0 unspecified atom stereocenters. The van der Waals surface area contributed by atoms with Crippen LogP contribution in [0.4, 0.5) is 11.4 Å². The van der Waals surface area contributed by atoms with Crippen LogP contribution in [-0.4, -0.2) is 27.0 Å². The van der Waals surface area contributed by atoms with Gasteiger partial charge in [0.05, 0.1) is 11.4 Å². The second-order valence-electron chi connectivity index (χ2n) is 7.71. The van der Waals surface area contributed by atoms with Crippen LogP contribution < -0.4 is 10.6 Å². The van der Waals surface area contributed by atoms with E-state index in [1.807, 2.05) is 24.3 Å². The van der Waals surface area contributed by atoms with Gasteiger partial charge in [0.2, 0.25) is 0 Å². The van der Waals surface area contributed by atoms with Gasteiger partial charge >= 0.3 is 0 Å². The molecule has 2 amide bonds. The number of allylic oxidation sites excluding steroid dienone is 2. The molecule has 1 aliphatic rings. The first-order chi connectivity index (χ1) is 16.2. The third-order valence-electron chi connectivity index (χ3n) is 5.46. The van der Waals surface area contributed by atoms with Gasteiger partial charge in [-0.05, 0) is 72.5 Å². The number of aromatic nitrogens is 3. The lowest BCUT2D eigenvalue weighted by Crippen LogP contribution is -2.15. The van der Waals surface area contributed by atoms with E-state index in [-0.39, 0.29) is 17.5 Å². The summed E-state index contributed by atoms with van der Waals surface area (Å²) in [5.41, 5.74) is 5.84. The third kappa shape index (κ3) is 4.57. The van der Waals surface area contributed by atoms with Crippen molar-refractivity contribution in [3.8, 4) is 11.4 Å². The first-order valence-corrected chi connectivity index (χ1v) is 10.6. The Labute approximate surface area is 190 Å². The van der Waals surface area contributed by atoms with Crippen LogP contribution in [0.1, 0.15) is 39.3 Å². The number of H-pyrrole nitrogens is 1. The molecule has 3 N–H and O–H groups in total. The summed E-state index contributed by atoms with van der Waals surface area (Å²) in [6.07, 6.45) is 6.05. The lowest BCUT2D eigenvalue weighted by molar-refractivity contribution is 0.101. The molecule has 2 heterocycles. The SMILES string of the molecule is O=C(Nc1cccc(NC(=O)c2cccc(-c3ccn[nH]3)n2)c1)c1ccc(C2=CCC2)cc1. The number of nitrogens with one attached hydrogen (secondary N) is 3. The predicted octanol–water partition coefficient (Wildman–Crippen LogP) is 5.15. The number of pyridine rings is 1. The quantitative estimate of drug-likeness (QED) is 0.390. The Morgan fingerprint density at radius 1 is 0.848 bits per heavy atom. The molecule has 7 nitrogen and oxygen atoms in total. The molecule has 4 aromatic rings. The normalized spacial score (nSPS) is 12.4. The van der Waals surface area contributed by atoms with Gasteiger partial charge in [-0.2, -0.15) is 5.10 Å². The maximum atomic E-state index is 12.7. The van der Waals surface area contributed by atoms with E-state index in [4.69, 9.17) is 0 Å². The second kappa shape index (κ2) is 8.92. The number of rotatable bonds is 6. The van der Waals surface area contributed by atoms with E-state index < -0.39 is 0 Å². The number of anilines is 2. The van der Waals surface area contributed by atoms with Crippen LogP contribution in [0.3, 0.4) is 0 Å². The van der Waals surface area contributed by atoms with E-state index in [1.165, 1.54) is 5.57 Å². The highest BCUT2D eigenvalue weighted by Gasteiger charge is 2.13. The van der Waals surface area contributed by atoms with E-state index in [0.717, 1.165) is 24.1 Å². The zero-order valence-corrected chi connectivity index (χ0v) is 17.7. The van der Waals surface area contributed by atoms with Crippen molar-refractivity contribution in [3.05, 3.63) is 102 Å². The second-order valence-corrected chi connectivity index (χ2v) is 7.71. The molecule has 162 valence electrons. The maximum Gasteiger partial charge on any atom is 0.274 e. The first-order valence-electron chi connectivity index (χ1n) is 10.6. The van der Waals surface area contributed by atoms with Crippen molar-refractivity contribution >= 4 is 28.8 Å². The van der Waals surface area contributed by atoms with E-state index in [9.17, 15) is 9.59 Å². The Morgan fingerprint density at radius 2 is 1.58 bits per heavy atom. The van der Waals surface area contributed by atoms with E-state index >= 15 is 0 Å². The summed E-state index contributed by atoms with van der Waals surface area (Å²) in [5, 5.41) is 12.5. The lowest BCUT2D eigenvalue weighted by Gasteiger charge is -2.14. The molecule has 2 aromatic heterocycles. The van der Waals surface area contributed by atoms with Crippen molar-refractivity contribution in [1.82, 2.24) is 15.2 Å². The van der Waals surface area contributed by atoms with Gasteiger partial charge in [-0.25, -0.2) is 4.98 Å². The number of amides is 2.